The summed E-state index contributed by atoms with van der Waals surface area (Å²) in [5.74, 6) is 6.37. The topological polar surface area (TPSA) is 12.5 Å². The number of thiophene rings is 1. The SMILES string of the molecule is CCN(CC=CC#CC(C)(C)C)CCCOCCc1cccc(-c2ccsc2)c1. The molecule has 0 radical (unpaired) electrons. The lowest BCUT2D eigenvalue weighted by Gasteiger charge is -2.18. The summed E-state index contributed by atoms with van der Waals surface area (Å²) in [6.07, 6.45) is 6.16. The number of nitrogens with zero attached hydrogens (tertiary/aromatic N) is 1. The van der Waals surface area contributed by atoms with Crippen molar-refractivity contribution in [1.29, 1.82) is 0 Å². The normalized spacial score (nSPS) is 11.8. The Hall–Kier alpha value is -1.86. The minimum absolute atomic E-state index is 0.0668. The quantitative estimate of drug-likeness (QED) is 0.319. The van der Waals surface area contributed by atoms with Gasteiger partial charge in [0.05, 0.1) is 6.61 Å². The maximum atomic E-state index is 5.88. The second-order valence-electron chi connectivity index (χ2n) is 8.24. The molecular formula is C26H35NOS. The van der Waals surface area contributed by atoms with Crippen LogP contribution in [0.2, 0.25) is 0 Å². The molecule has 0 aliphatic carbocycles. The van der Waals surface area contributed by atoms with Crippen LogP contribution in [0.25, 0.3) is 11.1 Å². The predicted molar refractivity (Wildman–Crippen MR) is 127 cm³/mol. The van der Waals surface area contributed by atoms with Gasteiger partial charge in [-0.3, -0.25) is 4.90 Å². The zero-order valence-corrected chi connectivity index (χ0v) is 19.2. The van der Waals surface area contributed by atoms with Gasteiger partial charge in [-0.1, -0.05) is 49.1 Å². The smallest absolute Gasteiger partial charge is 0.0506 e. The van der Waals surface area contributed by atoms with Crippen LogP contribution in [0.15, 0.2) is 53.2 Å². The van der Waals surface area contributed by atoms with Crippen molar-refractivity contribution in [2.75, 3.05) is 32.8 Å². The maximum absolute atomic E-state index is 5.88. The van der Waals surface area contributed by atoms with E-state index in [9.17, 15) is 0 Å². The molecule has 1 aromatic carbocycles. The highest BCUT2D eigenvalue weighted by atomic mass is 32.1. The molecule has 0 unspecified atom stereocenters. The number of benzene rings is 1. The van der Waals surface area contributed by atoms with Crippen LogP contribution in [0.5, 0.6) is 0 Å². The van der Waals surface area contributed by atoms with Crippen molar-refractivity contribution in [3.05, 3.63) is 58.8 Å². The number of hydrogen-bond donors (Lipinski definition) is 0. The number of rotatable bonds is 11. The van der Waals surface area contributed by atoms with E-state index in [0.29, 0.717) is 0 Å². The summed E-state index contributed by atoms with van der Waals surface area (Å²) in [7, 11) is 0. The molecule has 0 saturated carbocycles. The Morgan fingerprint density at radius 1 is 1.14 bits per heavy atom. The highest BCUT2D eigenvalue weighted by molar-refractivity contribution is 7.08. The van der Waals surface area contributed by atoms with E-state index >= 15 is 0 Å². The fourth-order valence-corrected chi connectivity index (χ4v) is 3.58. The lowest BCUT2D eigenvalue weighted by atomic mass is 9.98. The minimum atomic E-state index is 0.0668. The largest absolute Gasteiger partial charge is 0.381 e. The first-order valence-corrected chi connectivity index (χ1v) is 11.5. The first-order chi connectivity index (χ1) is 14.0. The van der Waals surface area contributed by atoms with E-state index in [2.05, 4.69) is 91.6 Å². The summed E-state index contributed by atoms with van der Waals surface area (Å²) in [5.41, 5.74) is 4.00. The zero-order valence-electron chi connectivity index (χ0n) is 18.4. The third-order valence-electron chi connectivity index (χ3n) is 4.54. The summed E-state index contributed by atoms with van der Waals surface area (Å²) in [5, 5.41) is 4.32. The van der Waals surface area contributed by atoms with E-state index < -0.39 is 0 Å². The Bertz CT molecular complexity index is 790. The molecule has 2 rings (SSSR count). The summed E-state index contributed by atoms with van der Waals surface area (Å²) in [6.45, 7) is 13.2. The number of hydrogen-bond acceptors (Lipinski definition) is 3. The molecule has 0 bridgehead atoms. The molecule has 2 aromatic rings. The van der Waals surface area contributed by atoms with Crippen LogP contribution >= 0.6 is 11.3 Å². The molecule has 3 heteroatoms. The molecule has 0 aliphatic heterocycles. The van der Waals surface area contributed by atoms with Crippen molar-refractivity contribution in [2.45, 2.75) is 40.5 Å². The Labute approximate surface area is 181 Å². The van der Waals surface area contributed by atoms with Gasteiger partial charge in [0.1, 0.15) is 0 Å². The number of ether oxygens (including phenoxy) is 1. The molecular weight excluding hydrogens is 374 g/mol. The van der Waals surface area contributed by atoms with Crippen LogP contribution in [-0.4, -0.2) is 37.7 Å². The van der Waals surface area contributed by atoms with Gasteiger partial charge in [-0.2, -0.15) is 11.3 Å². The third-order valence-corrected chi connectivity index (χ3v) is 5.22. The van der Waals surface area contributed by atoms with Gasteiger partial charge in [0.25, 0.3) is 0 Å². The van der Waals surface area contributed by atoms with Gasteiger partial charge in [0.15, 0.2) is 0 Å². The van der Waals surface area contributed by atoms with Crippen LogP contribution in [0.3, 0.4) is 0 Å². The Morgan fingerprint density at radius 2 is 2.00 bits per heavy atom. The Morgan fingerprint density at radius 3 is 2.72 bits per heavy atom. The highest BCUT2D eigenvalue weighted by Gasteiger charge is 2.03. The third kappa shape index (κ3) is 9.94. The first-order valence-electron chi connectivity index (χ1n) is 10.6. The van der Waals surface area contributed by atoms with Crippen LogP contribution in [0, 0.1) is 17.3 Å². The molecule has 0 spiro atoms. The van der Waals surface area contributed by atoms with Gasteiger partial charge in [-0.25, -0.2) is 0 Å². The number of allylic oxidation sites excluding steroid dienone is 1. The van der Waals surface area contributed by atoms with Crippen LogP contribution < -0.4 is 0 Å². The van der Waals surface area contributed by atoms with Crippen molar-refractivity contribution in [3.8, 4) is 23.0 Å². The lowest BCUT2D eigenvalue weighted by Crippen LogP contribution is -2.25. The summed E-state index contributed by atoms with van der Waals surface area (Å²) < 4.78 is 5.88. The molecule has 156 valence electrons. The van der Waals surface area contributed by atoms with Crippen molar-refractivity contribution in [3.63, 3.8) is 0 Å². The standard InChI is InChI=1S/C26H35NOS/c1-5-27(16-8-6-7-15-26(2,3)4)17-10-18-28-19-13-23-11-9-12-24(21-23)25-14-20-29-22-25/h6,8-9,11-12,14,20-22H,5,10,13,16-19H2,1-4H3. The van der Waals surface area contributed by atoms with Crippen LogP contribution in [-0.2, 0) is 11.2 Å². The molecule has 0 aliphatic rings. The van der Waals surface area contributed by atoms with Gasteiger partial charge in [-0.05, 0) is 79.8 Å². The summed E-state index contributed by atoms with van der Waals surface area (Å²) in [4.78, 5) is 2.42. The Balaban J connectivity index is 1.62. The minimum Gasteiger partial charge on any atom is -0.381 e. The first kappa shape index (κ1) is 23.4. The van der Waals surface area contributed by atoms with E-state index in [0.717, 1.165) is 45.7 Å². The lowest BCUT2D eigenvalue weighted by molar-refractivity contribution is 0.125. The second-order valence-corrected chi connectivity index (χ2v) is 9.02. The average Bonchev–Trinajstić information content (AvgIpc) is 3.23. The fraction of sp³-hybridized carbons (Fsp3) is 0.462. The summed E-state index contributed by atoms with van der Waals surface area (Å²) in [6, 6.07) is 11.0. The predicted octanol–water partition coefficient (Wildman–Crippen LogP) is 6.29. The van der Waals surface area contributed by atoms with Crippen molar-refractivity contribution in [1.82, 2.24) is 4.90 Å². The van der Waals surface area contributed by atoms with E-state index in [4.69, 9.17) is 4.74 Å². The molecule has 0 N–H and O–H groups in total. The molecule has 1 aromatic heterocycles. The van der Waals surface area contributed by atoms with Crippen molar-refractivity contribution >= 4 is 11.3 Å². The molecule has 1 heterocycles. The highest BCUT2D eigenvalue weighted by Crippen LogP contribution is 2.23. The zero-order chi connectivity index (χ0) is 21.0. The molecule has 0 saturated heterocycles. The fourth-order valence-electron chi connectivity index (χ4n) is 2.91. The maximum Gasteiger partial charge on any atom is 0.0506 e. The van der Waals surface area contributed by atoms with E-state index in [1.807, 2.05) is 6.08 Å². The van der Waals surface area contributed by atoms with Gasteiger partial charge < -0.3 is 4.74 Å². The second kappa shape index (κ2) is 12.6. The van der Waals surface area contributed by atoms with E-state index in [-0.39, 0.29) is 5.41 Å². The molecule has 2 nitrogen and oxygen atoms in total. The Kier molecular flexibility index (Phi) is 10.2. The van der Waals surface area contributed by atoms with Gasteiger partial charge >= 0.3 is 0 Å². The molecule has 0 amide bonds. The molecule has 29 heavy (non-hydrogen) atoms. The number of likely N-dealkylation sites (N-methyl/N-ethyl adjacent to an activating group) is 1. The van der Waals surface area contributed by atoms with Gasteiger partial charge in [0.2, 0.25) is 0 Å². The van der Waals surface area contributed by atoms with Crippen LogP contribution in [0.4, 0.5) is 0 Å². The molecule has 0 fully saturated rings. The summed E-state index contributed by atoms with van der Waals surface area (Å²) >= 11 is 1.74. The van der Waals surface area contributed by atoms with E-state index in [1.54, 1.807) is 11.3 Å². The van der Waals surface area contributed by atoms with Gasteiger partial charge in [0, 0.05) is 25.1 Å². The monoisotopic (exact) mass is 409 g/mol. The van der Waals surface area contributed by atoms with Crippen LogP contribution in [0.1, 0.15) is 39.7 Å². The average molecular weight is 410 g/mol. The van der Waals surface area contributed by atoms with E-state index in [1.165, 1.54) is 16.7 Å². The van der Waals surface area contributed by atoms with Crippen molar-refractivity contribution in [2.24, 2.45) is 5.41 Å². The van der Waals surface area contributed by atoms with Crippen molar-refractivity contribution < 1.29 is 4.74 Å². The van der Waals surface area contributed by atoms with Gasteiger partial charge in [-0.15, -0.1) is 0 Å². The molecule has 0 atom stereocenters.